The van der Waals surface area contributed by atoms with Crippen LogP contribution in [0.25, 0.3) is 0 Å². The Balaban J connectivity index is 2.05. The monoisotopic (exact) mass is 246 g/mol. The van der Waals surface area contributed by atoms with Gasteiger partial charge in [0.05, 0.1) is 0 Å². The Morgan fingerprint density at radius 2 is 2.06 bits per heavy atom. The zero-order chi connectivity index (χ0) is 13.1. The van der Waals surface area contributed by atoms with Gasteiger partial charge in [0.2, 0.25) is 0 Å². The molecule has 1 fully saturated rings. The minimum atomic E-state index is 0.150. The molecule has 100 valence electrons. The normalized spacial score (nSPS) is 17.2. The number of nitrogens with zero attached hydrogens (tertiary/aromatic N) is 1. The minimum Gasteiger partial charge on any atom is -0.323 e. The molecule has 1 atom stereocenters. The van der Waals surface area contributed by atoms with E-state index in [1.165, 1.54) is 42.5 Å². The van der Waals surface area contributed by atoms with Crippen molar-refractivity contribution in [3.8, 4) is 0 Å². The van der Waals surface area contributed by atoms with Gasteiger partial charge in [-0.15, -0.1) is 0 Å². The molecule has 0 saturated heterocycles. The number of aryl methyl sites for hydroxylation is 2. The van der Waals surface area contributed by atoms with E-state index in [4.69, 9.17) is 5.73 Å². The van der Waals surface area contributed by atoms with Gasteiger partial charge in [-0.2, -0.15) is 0 Å². The molecule has 2 N–H and O–H groups in total. The molecule has 1 aromatic rings. The molecule has 1 aliphatic rings. The Labute approximate surface area is 111 Å². The molecular formula is C16H26N2. The highest BCUT2D eigenvalue weighted by Crippen LogP contribution is 2.29. The largest absolute Gasteiger partial charge is 0.323 e. The van der Waals surface area contributed by atoms with Crippen molar-refractivity contribution in [1.82, 2.24) is 4.90 Å². The van der Waals surface area contributed by atoms with Gasteiger partial charge in [0, 0.05) is 18.6 Å². The first-order valence-electron chi connectivity index (χ1n) is 7.18. The summed E-state index contributed by atoms with van der Waals surface area (Å²) in [5.74, 6) is 0. The van der Waals surface area contributed by atoms with Crippen LogP contribution in [0, 0.1) is 13.8 Å². The van der Waals surface area contributed by atoms with Crippen LogP contribution >= 0.6 is 0 Å². The Bertz CT molecular complexity index is 396. The van der Waals surface area contributed by atoms with Crippen LogP contribution in [0.5, 0.6) is 0 Å². The minimum absolute atomic E-state index is 0.150. The van der Waals surface area contributed by atoms with E-state index in [1.54, 1.807) is 0 Å². The predicted molar refractivity (Wildman–Crippen MR) is 77.7 cm³/mol. The van der Waals surface area contributed by atoms with Crippen LogP contribution in [0.1, 0.15) is 48.9 Å². The van der Waals surface area contributed by atoms with Gasteiger partial charge in [0.25, 0.3) is 0 Å². The first-order chi connectivity index (χ1) is 8.61. The van der Waals surface area contributed by atoms with E-state index in [2.05, 4.69) is 43.9 Å². The van der Waals surface area contributed by atoms with Gasteiger partial charge in [0.1, 0.15) is 0 Å². The average Bonchev–Trinajstić information content (AvgIpc) is 3.15. The molecule has 0 bridgehead atoms. The molecule has 2 heteroatoms. The highest BCUT2D eigenvalue weighted by Gasteiger charge is 2.29. The van der Waals surface area contributed by atoms with Crippen LogP contribution in [-0.2, 0) is 0 Å². The van der Waals surface area contributed by atoms with Crippen LogP contribution in [0.2, 0.25) is 0 Å². The molecule has 18 heavy (non-hydrogen) atoms. The fourth-order valence-electron chi connectivity index (χ4n) is 2.66. The average molecular weight is 246 g/mol. The van der Waals surface area contributed by atoms with Crippen LogP contribution in [0.15, 0.2) is 18.2 Å². The van der Waals surface area contributed by atoms with E-state index in [-0.39, 0.29) is 6.04 Å². The third kappa shape index (κ3) is 3.33. The molecule has 0 amide bonds. The molecule has 1 saturated carbocycles. The summed E-state index contributed by atoms with van der Waals surface area (Å²) in [5.41, 5.74) is 10.4. The quantitative estimate of drug-likeness (QED) is 0.835. The number of hydrogen-bond acceptors (Lipinski definition) is 2. The number of benzene rings is 1. The van der Waals surface area contributed by atoms with Gasteiger partial charge < -0.3 is 5.73 Å². The highest BCUT2D eigenvalue weighted by molar-refractivity contribution is 5.33. The lowest BCUT2D eigenvalue weighted by atomic mass is 9.99. The SMILES string of the molecule is CCCN(CC(N)c1cc(C)ccc1C)C1CC1. The first-order valence-corrected chi connectivity index (χ1v) is 7.18. The Hall–Kier alpha value is -0.860. The van der Waals surface area contributed by atoms with Crippen molar-refractivity contribution in [2.45, 2.75) is 52.1 Å². The number of nitrogens with two attached hydrogens (primary N) is 1. The summed E-state index contributed by atoms with van der Waals surface area (Å²) in [5, 5.41) is 0. The number of rotatable bonds is 6. The van der Waals surface area contributed by atoms with Crippen molar-refractivity contribution >= 4 is 0 Å². The maximum Gasteiger partial charge on any atom is 0.0427 e. The Morgan fingerprint density at radius 3 is 2.67 bits per heavy atom. The van der Waals surface area contributed by atoms with Gasteiger partial charge in [-0.1, -0.05) is 30.7 Å². The third-order valence-electron chi connectivity index (χ3n) is 3.84. The Kier molecular flexibility index (Phi) is 4.41. The molecule has 1 aromatic carbocycles. The van der Waals surface area contributed by atoms with Gasteiger partial charge in [-0.25, -0.2) is 0 Å². The summed E-state index contributed by atoms with van der Waals surface area (Å²) in [4.78, 5) is 2.58. The molecule has 2 nitrogen and oxygen atoms in total. The first kappa shape index (κ1) is 13.6. The fourth-order valence-corrected chi connectivity index (χ4v) is 2.66. The van der Waals surface area contributed by atoms with Crippen molar-refractivity contribution in [3.05, 3.63) is 34.9 Å². The van der Waals surface area contributed by atoms with Gasteiger partial charge >= 0.3 is 0 Å². The van der Waals surface area contributed by atoms with Crippen molar-refractivity contribution in [1.29, 1.82) is 0 Å². The molecule has 0 aromatic heterocycles. The van der Waals surface area contributed by atoms with Crippen LogP contribution < -0.4 is 5.73 Å². The van der Waals surface area contributed by atoms with Gasteiger partial charge in [-0.3, -0.25) is 4.90 Å². The van der Waals surface area contributed by atoms with E-state index in [1.807, 2.05) is 0 Å². The molecule has 0 radical (unpaired) electrons. The second-order valence-corrected chi connectivity index (χ2v) is 5.69. The van der Waals surface area contributed by atoms with Crippen molar-refractivity contribution < 1.29 is 0 Å². The van der Waals surface area contributed by atoms with E-state index < -0.39 is 0 Å². The summed E-state index contributed by atoms with van der Waals surface area (Å²) in [6.45, 7) is 8.74. The maximum atomic E-state index is 6.42. The summed E-state index contributed by atoms with van der Waals surface area (Å²) < 4.78 is 0. The maximum absolute atomic E-state index is 6.42. The molecule has 1 aliphatic carbocycles. The lowest BCUT2D eigenvalue weighted by Gasteiger charge is -2.26. The Morgan fingerprint density at radius 1 is 1.33 bits per heavy atom. The van der Waals surface area contributed by atoms with Gasteiger partial charge in [0.15, 0.2) is 0 Å². The second kappa shape index (κ2) is 5.85. The van der Waals surface area contributed by atoms with E-state index in [0.717, 1.165) is 12.6 Å². The summed E-state index contributed by atoms with van der Waals surface area (Å²) in [6, 6.07) is 7.55. The van der Waals surface area contributed by atoms with E-state index >= 15 is 0 Å². The molecular weight excluding hydrogens is 220 g/mol. The molecule has 2 rings (SSSR count). The second-order valence-electron chi connectivity index (χ2n) is 5.69. The van der Waals surface area contributed by atoms with Crippen molar-refractivity contribution in [2.24, 2.45) is 5.73 Å². The fraction of sp³-hybridized carbons (Fsp3) is 0.625. The summed E-state index contributed by atoms with van der Waals surface area (Å²) >= 11 is 0. The lowest BCUT2D eigenvalue weighted by Crippen LogP contribution is -2.34. The van der Waals surface area contributed by atoms with Crippen LogP contribution in [0.4, 0.5) is 0 Å². The van der Waals surface area contributed by atoms with Crippen LogP contribution in [0.3, 0.4) is 0 Å². The standard InChI is InChI=1S/C16H26N2/c1-4-9-18(14-7-8-14)11-16(17)15-10-12(2)5-6-13(15)3/h5-6,10,14,16H,4,7-9,11,17H2,1-3H3. The third-order valence-corrected chi connectivity index (χ3v) is 3.84. The number of hydrogen-bond donors (Lipinski definition) is 1. The van der Waals surface area contributed by atoms with Crippen molar-refractivity contribution in [3.63, 3.8) is 0 Å². The molecule has 1 unspecified atom stereocenters. The highest BCUT2D eigenvalue weighted by atomic mass is 15.2. The zero-order valence-electron chi connectivity index (χ0n) is 11.9. The summed E-state index contributed by atoms with van der Waals surface area (Å²) in [6.07, 6.45) is 3.94. The van der Waals surface area contributed by atoms with Crippen molar-refractivity contribution in [2.75, 3.05) is 13.1 Å². The van der Waals surface area contributed by atoms with E-state index in [0.29, 0.717) is 0 Å². The smallest absolute Gasteiger partial charge is 0.0427 e. The summed E-state index contributed by atoms with van der Waals surface area (Å²) in [7, 11) is 0. The van der Waals surface area contributed by atoms with E-state index in [9.17, 15) is 0 Å². The van der Waals surface area contributed by atoms with Gasteiger partial charge in [-0.05, 0) is 50.8 Å². The predicted octanol–water partition coefficient (Wildman–Crippen LogP) is 3.18. The zero-order valence-corrected chi connectivity index (χ0v) is 11.9. The molecule has 0 aliphatic heterocycles. The molecule has 0 heterocycles. The lowest BCUT2D eigenvalue weighted by molar-refractivity contribution is 0.247. The van der Waals surface area contributed by atoms with Crippen LogP contribution in [-0.4, -0.2) is 24.0 Å². The topological polar surface area (TPSA) is 29.3 Å². The molecule has 0 spiro atoms.